The molecule has 0 nitrogen and oxygen atoms in total. The minimum absolute atomic E-state index is 0.169. The molecule has 0 spiro atoms. The van der Waals surface area contributed by atoms with Gasteiger partial charge in [0.25, 0.3) is 0 Å². The zero-order chi connectivity index (χ0) is 12.0. The highest BCUT2D eigenvalue weighted by Crippen LogP contribution is 2.28. The van der Waals surface area contributed by atoms with E-state index in [1.165, 1.54) is 18.9 Å². The summed E-state index contributed by atoms with van der Waals surface area (Å²) < 4.78 is 13.1. The summed E-state index contributed by atoms with van der Waals surface area (Å²) in [5.41, 5.74) is 1.03. The second kappa shape index (κ2) is 6.90. The molecule has 0 radical (unpaired) electrons. The van der Waals surface area contributed by atoms with Crippen LogP contribution in [0.2, 0.25) is 0 Å². The number of halogens is 2. The van der Waals surface area contributed by atoms with Crippen molar-refractivity contribution in [3.8, 4) is 0 Å². The number of hydrogen-bond donors (Lipinski definition) is 0. The van der Waals surface area contributed by atoms with Crippen molar-refractivity contribution in [3.05, 3.63) is 35.6 Å². The van der Waals surface area contributed by atoms with Crippen LogP contribution in [0.5, 0.6) is 0 Å². The van der Waals surface area contributed by atoms with Gasteiger partial charge in [-0.15, -0.1) is 11.6 Å². The van der Waals surface area contributed by atoms with Gasteiger partial charge in [-0.05, 0) is 36.0 Å². The fourth-order valence-electron chi connectivity index (χ4n) is 2.07. The van der Waals surface area contributed by atoms with Crippen LogP contribution in [0, 0.1) is 11.7 Å². The molecule has 16 heavy (non-hydrogen) atoms. The quantitative estimate of drug-likeness (QED) is 0.618. The van der Waals surface area contributed by atoms with Gasteiger partial charge in [0.15, 0.2) is 0 Å². The zero-order valence-electron chi connectivity index (χ0n) is 10.0. The SMILES string of the molecule is CCC(CC)CC(CCl)c1cccc(F)c1. The summed E-state index contributed by atoms with van der Waals surface area (Å²) in [6, 6.07) is 6.82. The highest BCUT2D eigenvalue weighted by atomic mass is 35.5. The molecule has 0 aliphatic heterocycles. The maximum absolute atomic E-state index is 13.1. The predicted octanol–water partition coefficient (Wildman–Crippen LogP) is 4.97. The topological polar surface area (TPSA) is 0 Å². The van der Waals surface area contributed by atoms with Crippen LogP contribution in [-0.2, 0) is 0 Å². The molecule has 0 aromatic heterocycles. The summed E-state index contributed by atoms with van der Waals surface area (Å²) in [6.45, 7) is 4.40. The van der Waals surface area contributed by atoms with Gasteiger partial charge in [0.2, 0.25) is 0 Å². The Morgan fingerprint density at radius 1 is 1.25 bits per heavy atom. The second-order valence-corrected chi connectivity index (χ2v) is 4.63. The lowest BCUT2D eigenvalue weighted by molar-refractivity contribution is 0.423. The van der Waals surface area contributed by atoms with Crippen molar-refractivity contribution in [2.45, 2.75) is 39.0 Å². The number of benzene rings is 1. The molecule has 1 aromatic rings. The Labute approximate surface area is 103 Å². The smallest absolute Gasteiger partial charge is 0.123 e. The van der Waals surface area contributed by atoms with E-state index in [4.69, 9.17) is 11.6 Å². The molecule has 1 rings (SSSR count). The molecule has 0 N–H and O–H groups in total. The largest absolute Gasteiger partial charge is 0.207 e. The fourth-order valence-corrected chi connectivity index (χ4v) is 2.38. The van der Waals surface area contributed by atoms with Crippen molar-refractivity contribution in [2.75, 3.05) is 5.88 Å². The molecule has 0 fully saturated rings. The average molecular weight is 243 g/mol. The number of hydrogen-bond acceptors (Lipinski definition) is 0. The molecule has 1 unspecified atom stereocenters. The Morgan fingerprint density at radius 3 is 2.44 bits per heavy atom. The molecule has 0 saturated carbocycles. The lowest BCUT2D eigenvalue weighted by Gasteiger charge is -2.20. The van der Waals surface area contributed by atoms with E-state index in [9.17, 15) is 4.39 Å². The van der Waals surface area contributed by atoms with Crippen LogP contribution >= 0.6 is 11.6 Å². The summed E-state index contributed by atoms with van der Waals surface area (Å²) in [4.78, 5) is 0. The van der Waals surface area contributed by atoms with Crippen LogP contribution in [0.4, 0.5) is 4.39 Å². The van der Waals surface area contributed by atoms with Crippen LogP contribution < -0.4 is 0 Å². The number of alkyl halides is 1. The standard InChI is InChI=1S/C14H20ClF/c1-3-11(4-2)8-13(10-15)12-6-5-7-14(16)9-12/h5-7,9,11,13H,3-4,8,10H2,1-2H3. The van der Waals surface area contributed by atoms with E-state index in [2.05, 4.69) is 13.8 Å². The Kier molecular flexibility index (Phi) is 5.83. The highest BCUT2D eigenvalue weighted by Gasteiger charge is 2.15. The monoisotopic (exact) mass is 242 g/mol. The van der Waals surface area contributed by atoms with Crippen molar-refractivity contribution in [3.63, 3.8) is 0 Å². The molecule has 1 atom stereocenters. The third-order valence-electron chi connectivity index (χ3n) is 3.28. The summed E-state index contributed by atoms with van der Waals surface area (Å²) in [5.74, 6) is 1.37. The molecule has 0 heterocycles. The van der Waals surface area contributed by atoms with E-state index >= 15 is 0 Å². The minimum atomic E-state index is -0.169. The molecule has 90 valence electrons. The molecular weight excluding hydrogens is 223 g/mol. The molecule has 0 amide bonds. The van der Waals surface area contributed by atoms with Crippen molar-refractivity contribution < 1.29 is 4.39 Å². The zero-order valence-corrected chi connectivity index (χ0v) is 10.8. The first kappa shape index (κ1) is 13.5. The summed E-state index contributed by atoms with van der Waals surface area (Å²) in [7, 11) is 0. The van der Waals surface area contributed by atoms with E-state index in [1.807, 2.05) is 6.07 Å². The summed E-state index contributed by atoms with van der Waals surface area (Å²) >= 11 is 5.99. The third-order valence-corrected chi connectivity index (χ3v) is 3.65. The van der Waals surface area contributed by atoms with E-state index in [0.29, 0.717) is 11.8 Å². The highest BCUT2D eigenvalue weighted by molar-refractivity contribution is 6.18. The van der Waals surface area contributed by atoms with Gasteiger partial charge >= 0.3 is 0 Å². The van der Waals surface area contributed by atoms with Crippen molar-refractivity contribution in [1.29, 1.82) is 0 Å². The normalized spacial score (nSPS) is 13.1. The van der Waals surface area contributed by atoms with E-state index in [0.717, 1.165) is 12.0 Å². The van der Waals surface area contributed by atoms with Gasteiger partial charge in [0.1, 0.15) is 5.82 Å². The van der Waals surface area contributed by atoms with Crippen LogP contribution in [0.15, 0.2) is 24.3 Å². The van der Waals surface area contributed by atoms with Crippen LogP contribution in [-0.4, -0.2) is 5.88 Å². The molecule has 0 saturated heterocycles. The van der Waals surface area contributed by atoms with Gasteiger partial charge in [-0.1, -0.05) is 38.8 Å². The van der Waals surface area contributed by atoms with Gasteiger partial charge < -0.3 is 0 Å². The van der Waals surface area contributed by atoms with Crippen molar-refractivity contribution >= 4 is 11.6 Å². The maximum atomic E-state index is 13.1. The lowest BCUT2D eigenvalue weighted by atomic mass is 9.87. The maximum Gasteiger partial charge on any atom is 0.123 e. The van der Waals surface area contributed by atoms with E-state index in [-0.39, 0.29) is 11.7 Å². The Balaban J connectivity index is 2.74. The first-order valence-electron chi connectivity index (χ1n) is 6.02. The lowest BCUT2D eigenvalue weighted by Crippen LogP contribution is -2.08. The van der Waals surface area contributed by atoms with E-state index in [1.54, 1.807) is 12.1 Å². The fraction of sp³-hybridized carbons (Fsp3) is 0.571. The predicted molar refractivity (Wildman–Crippen MR) is 68.6 cm³/mol. The van der Waals surface area contributed by atoms with Gasteiger partial charge in [-0.3, -0.25) is 0 Å². The Bertz CT molecular complexity index is 307. The molecule has 0 aliphatic rings. The van der Waals surface area contributed by atoms with Gasteiger partial charge in [-0.25, -0.2) is 4.39 Å². The first-order valence-corrected chi connectivity index (χ1v) is 6.56. The van der Waals surface area contributed by atoms with Gasteiger partial charge in [-0.2, -0.15) is 0 Å². The summed E-state index contributed by atoms with van der Waals surface area (Å²) in [6.07, 6.45) is 3.39. The minimum Gasteiger partial charge on any atom is -0.207 e. The molecule has 0 aliphatic carbocycles. The Hall–Kier alpha value is -0.560. The molecule has 2 heteroatoms. The van der Waals surface area contributed by atoms with Gasteiger partial charge in [0.05, 0.1) is 0 Å². The van der Waals surface area contributed by atoms with Crippen LogP contribution in [0.25, 0.3) is 0 Å². The summed E-state index contributed by atoms with van der Waals surface area (Å²) in [5, 5.41) is 0. The van der Waals surface area contributed by atoms with Crippen molar-refractivity contribution in [2.24, 2.45) is 5.92 Å². The van der Waals surface area contributed by atoms with Crippen molar-refractivity contribution in [1.82, 2.24) is 0 Å². The first-order chi connectivity index (χ1) is 7.71. The Morgan fingerprint density at radius 2 is 1.94 bits per heavy atom. The third kappa shape index (κ3) is 3.79. The van der Waals surface area contributed by atoms with Gasteiger partial charge in [0, 0.05) is 5.88 Å². The van der Waals surface area contributed by atoms with E-state index < -0.39 is 0 Å². The molecular formula is C14H20ClF. The second-order valence-electron chi connectivity index (χ2n) is 4.32. The number of rotatable bonds is 6. The molecule has 1 aromatic carbocycles. The average Bonchev–Trinajstić information content (AvgIpc) is 2.31. The van der Waals surface area contributed by atoms with Crippen LogP contribution in [0.3, 0.4) is 0 Å². The van der Waals surface area contributed by atoms with Crippen LogP contribution in [0.1, 0.15) is 44.6 Å². The molecule has 0 bridgehead atoms.